The molecule has 1 aromatic heterocycles. The number of methoxy groups -OCH3 is 2. The monoisotopic (exact) mass is 284 g/mol. The molecule has 20 heavy (non-hydrogen) atoms. The number of carboxylic acid groups (broad SMARTS) is 1. The number of likely N-dealkylation sites (tertiary alicyclic amines) is 1. The van der Waals surface area contributed by atoms with Crippen molar-refractivity contribution < 1.29 is 24.2 Å². The fourth-order valence-electron chi connectivity index (χ4n) is 2.14. The molecule has 2 heterocycles. The zero-order chi connectivity index (χ0) is 14.7. The van der Waals surface area contributed by atoms with Crippen LogP contribution in [-0.2, 0) is 20.8 Å². The van der Waals surface area contributed by atoms with E-state index in [1.807, 2.05) is 0 Å². The van der Waals surface area contributed by atoms with Crippen molar-refractivity contribution in [2.45, 2.75) is 18.8 Å². The highest BCUT2D eigenvalue weighted by Crippen LogP contribution is 2.17. The predicted molar refractivity (Wildman–Crippen MR) is 65.2 cm³/mol. The number of hydrogen-bond donors (Lipinski definition) is 1. The highest BCUT2D eigenvalue weighted by Gasteiger charge is 2.36. The molecule has 9 heteroatoms. The molecule has 1 N–H and O–H groups in total. The molecule has 1 aromatic rings. The van der Waals surface area contributed by atoms with Gasteiger partial charge in [-0.05, 0) is 0 Å². The van der Waals surface area contributed by atoms with Crippen molar-refractivity contribution in [1.82, 2.24) is 19.9 Å². The summed E-state index contributed by atoms with van der Waals surface area (Å²) in [5.41, 5.74) is 0.109. The summed E-state index contributed by atoms with van der Waals surface area (Å²) in [6, 6.07) is 0. The van der Waals surface area contributed by atoms with Gasteiger partial charge in [-0.3, -0.25) is 9.59 Å². The summed E-state index contributed by atoms with van der Waals surface area (Å²) in [6.07, 6.45) is 0.953. The first kappa shape index (κ1) is 14.4. The first-order valence-corrected chi connectivity index (χ1v) is 6.02. The number of amides is 1. The van der Waals surface area contributed by atoms with Crippen molar-refractivity contribution in [3.63, 3.8) is 0 Å². The number of hydrogen-bond acceptors (Lipinski definition) is 6. The second-order valence-corrected chi connectivity index (χ2v) is 4.45. The predicted octanol–water partition coefficient (Wildman–Crippen LogP) is -1.15. The maximum absolute atomic E-state index is 12.2. The van der Waals surface area contributed by atoms with Crippen molar-refractivity contribution in [3.05, 3.63) is 11.9 Å². The van der Waals surface area contributed by atoms with Gasteiger partial charge in [-0.25, -0.2) is 4.68 Å². The van der Waals surface area contributed by atoms with Gasteiger partial charge in [-0.1, -0.05) is 5.21 Å². The van der Waals surface area contributed by atoms with Crippen molar-refractivity contribution in [2.24, 2.45) is 0 Å². The summed E-state index contributed by atoms with van der Waals surface area (Å²) >= 11 is 0. The van der Waals surface area contributed by atoms with Gasteiger partial charge in [0.25, 0.3) is 5.91 Å². The van der Waals surface area contributed by atoms with E-state index < -0.39 is 5.97 Å². The minimum Gasteiger partial charge on any atom is -0.480 e. The lowest BCUT2D eigenvalue weighted by Crippen LogP contribution is -2.30. The fraction of sp³-hybridized carbons (Fsp3) is 0.636. The van der Waals surface area contributed by atoms with Gasteiger partial charge in [-0.15, -0.1) is 5.10 Å². The van der Waals surface area contributed by atoms with E-state index in [0.717, 1.165) is 4.68 Å². The smallest absolute Gasteiger partial charge is 0.325 e. The van der Waals surface area contributed by atoms with Gasteiger partial charge in [0, 0.05) is 27.3 Å². The number of carboxylic acids is 1. The van der Waals surface area contributed by atoms with Gasteiger partial charge in [0.15, 0.2) is 5.69 Å². The van der Waals surface area contributed by atoms with E-state index >= 15 is 0 Å². The van der Waals surface area contributed by atoms with Crippen LogP contribution in [0, 0.1) is 0 Å². The molecule has 9 nitrogen and oxygen atoms in total. The number of carbonyl (C=O) groups is 2. The minimum absolute atomic E-state index is 0.109. The number of carbonyl (C=O) groups excluding carboxylic acids is 1. The van der Waals surface area contributed by atoms with E-state index in [1.165, 1.54) is 6.20 Å². The Labute approximate surface area is 115 Å². The highest BCUT2D eigenvalue weighted by molar-refractivity contribution is 5.92. The molecule has 0 aromatic carbocycles. The summed E-state index contributed by atoms with van der Waals surface area (Å²) in [5, 5.41) is 15.9. The van der Waals surface area contributed by atoms with E-state index in [9.17, 15) is 9.59 Å². The van der Waals surface area contributed by atoms with Crippen LogP contribution in [0.5, 0.6) is 0 Å². The third kappa shape index (κ3) is 2.94. The SMILES string of the molecule is COC1CN(C(=O)c2cn(CC(=O)O)nn2)CC1OC. The Balaban J connectivity index is 2.04. The summed E-state index contributed by atoms with van der Waals surface area (Å²) in [5.74, 6) is -1.36. The highest BCUT2D eigenvalue weighted by atomic mass is 16.5. The van der Waals surface area contributed by atoms with Crippen molar-refractivity contribution in [3.8, 4) is 0 Å². The fourth-order valence-corrected chi connectivity index (χ4v) is 2.14. The van der Waals surface area contributed by atoms with Crippen LogP contribution < -0.4 is 0 Å². The maximum Gasteiger partial charge on any atom is 0.325 e. The summed E-state index contributed by atoms with van der Waals surface area (Å²) in [7, 11) is 3.13. The molecule has 1 saturated heterocycles. The van der Waals surface area contributed by atoms with Gasteiger partial charge < -0.3 is 19.5 Å². The van der Waals surface area contributed by atoms with E-state index in [-0.39, 0.29) is 30.4 Å². The number of aliphatic carboxylic acids is 1. The van der Waals surface area contributed by atoms with Crippen LogP contribution in [0.2, 0.25) is 0 Å². The van der Waals surface area contributed by atoms with Crippen LogP contribution in [0.4, 0.5) is 0 Å². The van der Waals surface area contributed by atoms with Crippen LogP contribution in [-0.4, -0.2) is 76.4 Å². The Morgan fingerprint density at radius 3 is 2.45 bits per heavy atom. The van der Waals surface area contributed by atoms with Gasteiger partial charge in [0.1, 0.15) is 18.8 Å². The molecular formula is C11H16N4O5. The number of rotatable bonds is 5. The summed E-state index contributed by atoms with van der Waals surface area (Å²) in [6.45, 7) is 0.473. The molecule has 1 aliphatic heterocycles. The summed E-state index contributed by atoms with van der Waals surface area (Å²) in [4.78, 5) is 24.3. The molecule has 110 valence electrons. The molecular weight excluding hydrogens is 268 g/mol. The molecule has 1 amide bonds. The largest absolute Gasteiger partial charge is 0.480 e. The first-order valence-electron chi connectivity index (χ1n) is 6.02. The van der Waals surface area contributed by atoms with Gasteiger partial charge in [0.2, 0.25) is 0 Å². The lowest BCUT2D eigenvalue weighted by atomic mass is 10.3. The number of aromatic nitrogens is 3. The second kappa shape index (κ2) is 5.97. The Kier molecular flexibility index (Phi) is 4.30. The van der Waals surface area contributed by atoms with E-state index in [2.05, 4.69) is 10.3 Å². The second-order valence-electron chi connectivity index (χ2n) is 4.45. The van der Waals surface area contributed by atoms with Crippen LogP contribution in [0.15, 0.2) is 6.20 Å². The lowest BCUT2D eigenvalue weighted by molar-refractivity contribution is -0.137. The third-order valence-corrected chi connectivity index (χ3v) is 3.16. The zero-order valence-electron chi connectivity index (χ0n) is 11.2. The standard InChI is InChI=1S/C11H16N4O5/c1-19-8-4-14(5-9(8)20-2)11(18)7-3-15(13-12-7)6-10(16)17/h3,8-9H,4-6H2,1-2H3,(H,16,17). The van der Waals surface area contributed by atoms with E-state index in [0.29, 0.717) is 13.1 Å². The average molecular weight is 284 g/mol. The average Bonchev–Trinajstić information content (AvgIpc) is 3.03. The summed E-state index contributed by atoms with van der Waals surface area (Å²) < 4.78 is 11.6. The van der Waals surface area contributed by atoms with Gasteiger partial charge in [-0.2, -0.15) is 0 Å². The molecule has 2 atom stereocenters. The Bertz CT molecular complexity index is 491. The topological polar surface area (TPSA) is 107 Å². The number of nitrogens with zero attached hydrogens (tertiary/aromatic N) is 4. The van der Waals surface area contributed by atoms with E-state index in [4.69, 9.17) is 14.6 Å². The van der Waals surface area contributed by atoms with Crippen molar-refractivity contribution in [1.29, 1.82) is 0 Å². The van der Waals surface area contributed by atoms with Crippen LogP contribution >= 0.6 is 0 Å². The molecule has 0 aliphatic carbocycles. The van der Waals surface area contributed by atoms with Gasteiger partial charge in [0.05, 0.1) is 6.20 Å². The molecule has 0 radical (unpaired) electrons. The molecule has 0 bridgehead atoms. The lowest BCUT2D eigenvalue weighted by Gasteiger charge is -2.13. The molecule has 1 aliphatic rings. The number of ether oxygens (including phenoxy) is 2. The van der Waals surface area contributed by atoms with E-state index in [1.54, 1.807) is 19.1 Å². The minimum atomic E-state index is -1.05. The first-order chi connectivity index (χ1) is 9.55. The molecule has 2 rings (SSSR count). The Hall–Kier alpha value is -2.00. The van der Waals surface area contributed by atoms with Crippen LogP contribution in [0.25, 0.3) is 0 Å². The van der Waals surface area contributed by atoms with Crippen molar-refractivity contribution in [2.75, 3.05) is 27.3 Å². The Morgan fingerprint density at radius 1 is 1.35 bits per heavy atom. The van der Waals surface area contributed by atoms with Crippen LogP contribution in [0.1, 0.15) is 10.5 Å². The van der Waals surface area contributed by atoms with Crippen LogP contribution in [0.3, 0.4) is 0 Å². The Morgan fingerprint density at radius 2 is 1.95 bits per heavy atom. The molecule has 0 saturated carbocycles. The van der Waals surface area contributed by atoms with Gasteiger partial charge >= 0.3 is 5.97 Å². The molecule has 2 unspecified atom stereocenters. The third-order valence-electron chi connectivity index (χ3n) is 3.16. The maximum atomic E-state index is 12.2. The quantitative estimate of drug-likeness (QED) is 0.727. The normalized spacial score (nSPS) is 22.2. The molecule has 0 spiro atoms. The van der Waals surface area contributed by atoms with Crippen molar-refractivity contribution >= 4 is 11.9 Å². The molecule has 1 fully saturated rings. The zero-order valence-corrected chi connectivity index (χ0v) is 11.2.